The largest absolute Gasteiger partial charge is 0.481 e. The average molecular weight is 233 g/mol. The molecule has 0 aliphatic heterocycles. The van der Waals surface area contributed by atoms with E-state index in [4.69, 9.17) is 9.84 Å². The molecule has 0 atom stereocenters. The van der Waals surface area contributed by atoms with Crippen molar-refractivity contribution in [3.8, 4) is 11.8 Å². The minimum absolute atomic E-state index is 0.161. The Bertz CT molecular complexity index is 485. The number of rotatable bonds is 3. The fraction of sp³-hybridized carbons (Fsp3) is 0.250. The third kappa shape index (κ3) is 4.34. The van der Waals surface area contributed by atoms with Crippen LogP contribution in [0.25, 0.3) is 0 Å². The number of carboxylic acids is 1. The lowest BCUT2D eigenvalue weighted by atomic mass is 10.3. The van der Waals surface area contributed by atoms with Crippen molar-refractivity contribution in [1.29, 1.82) is 0 Å². The van der Waals surface area contributed by atoms with Gasteiger partial charge < -0.3 is 9.84 Å². The van der Waals surface area contributed by atoms with E-state index in [9.17, 15) is 9.59 Å². The van der Waals surface area contributed by atoms with Gasteiger partial charge >= 0.3 is 11.9 Å². The Morgan fingerprint density at radius 2 is 2.24 bits per heavy atom. The predicted octanol–water partition coefficient (Wildman–Crippen LogP) is 1.08. The van der Waals surface area contributed by atoms with Crippen LogP contribution in [-0.2, 0) is 9.53 Å². The predicted molar refractivity (Wildman–Crippen MR) is 59.3 cm³/mol. The first-order valence-corrected chi connectivity index (χ1v) is 4.98. The second kappa shape index (κ2) is 6.28. The van der Waals surface area contributed by atoms with Crippen LogP contribution in [0.4, 0.5) is 0 Å². The molecule has 0 bridgehead atoms. The molecule has 17 heavy (non-hydrogen) atoms. The highest BCUT2D eigenvalue weighted by Gasteiger charge is 2.07. The van der Waals surface area contributed by atoms with Gasteiger partial charge in [-0.15, -0.1) is 0 Å². The molecule has 1 rings (SSSR count). The molecule has 0 radical (unpaired) electrons. The van der Waals surface area contributed by atoms with Crippen LogP contribution in [0, 0.1) is 11.8 Å². The molecule has 5 heteroatoms. The lowest BCUT2D eigenvalue weighted by molar-refractivity contribution is -0.135. The molecule has 5 nitrogen and oxygen atoms in total. The fourth-order valence-electron chi connectivity index (χ4n) is 1.03. The van der Waals surface area contributed by atoms with Crippen LogP contribution in [-0.4, -0.2) is 28.6 Å². The van der Waals surface area contributed by atoms with Crippen LogP contribution < -0.4 is 0 Å². The van der Waals surface area contributed by atoms with Gasteiger partial charge in [0.25, 0.3) is 0 Å². The molecule has 1 aromatic heterocycles. The van der Waals surface area contributed by atoms with Gasteiger partial charge in [0.15, 0.2) is 0 Å². The minimum Gasteiger partial charge on any atom is -0.481 e. The summed E-state index contributed by atoms with van der Waals surface area (Å²) in [6.07, 6.45) is -0.259. The number of carbonyl (C=O) groups is 2. The summed E-state index contributed by atoms with van der Waals surface area (Å²) < 4.78 is 4.78. The number of ether oxygens (including phenoxy) is 1. The van der Waals surface area contributed by atoms with Gasteiger partial charge in [0.1, 0.15) is 17.8 Å². The van der Waals surface area contributed by atoms with E-state index >= 15 is 0 Å². The van der Waals surface area contributed by atoms with Gasteiger partial charge in [0.05, 0.1) is 6.61 Å². The zero-order chi connectivity index (χ0) is 12.7. The van der Waals surface area contributed by atoms with Gasteiger partial charge in [-0.2, -0.15) is 0 Å². The first-order chi connectivity index (χ1) is 8.13. The molecule has 1 aromatic rings. The average Bonchev–Trinajstić information content (AvgIpc) is 2.29. The summed E-state index contributed by atoms with van der Waals surface area (Å²) in [6, 6.07) is 4.72. The Morgan fingerprint density at radius 1 is 1.47 bits per heavy atom. The van der Waals surface area contributed by atoms with Crippen molar-refractivity contribution in [3.05, 3.63) is 29.6 Å². The Hall–Kier alpha value is -2.35. The standard InChI is InChI=1S/C12H11NO4/c1-2-17-12(16)10-7-3-5-9(13-10)6-4-8-11(14)15/h3,5,7H,2,8H2,1H3,(H,14,15). The Balaban J connectivity index is 2.81. The number of carbonyl (C=O) groups excluding carboxylic acids is 1. The topological polar surface area (TPSA) is 76.5 Å². The van der Waals surface area contributed by atoms with E-state index in [1.807, 2.05) is 0 Å². The Morgan fingerprint density at radius 3 is 2.88 bits per heavy atom. The summed E-state index contributed by atoms with van der Waals surface area (Å²) in [5, 5.41) is 8.41. The molecule has 0 amide bonds. The number of aromatic nitrogens is 1. The number of pyridine rings is 1. The Labute approximate surface area is 98.4 Å². The molecule has 1 N–H and O–H groups in total. The van der Waals surface area contributed by atoms with Crippen molar-refractivity contribution in [3.63, 3.8) is 0 Å². The molecule has 0 aromatic carbocycles. The maximum Gasteiger partial charge on any atom is 0.356 e. The smallest absolute Gasteiger partial charge is 0.356 e. The molecule has 0 spiro atoms. The highest BCUT2D eigenvalue weighted by molar-refractivity contribution is 5.87. The van der Waals surface area contributed by atoms with Crippen LogP contribution in [0.1, 0.15) is 29.5 Å². The van der Waals surface area contributed by atoms with Crippen molar-refractivity contribution in [2.45, 2.75) is 13.3 Å². The maximum atomic E-state index is 11.4. The van der Waals surface area contributed by atoms with E-state index in [0.717, 1.165) is 0 Å². The lowest BCUT2D eigenvalue weighted by Gasteiger charge is -2.00. The van der Waals surface area contributed by atoms with Crippen LogP contribution >= 0.6 is 0 Å². The molecule has 0 aliphatic rings. The van der Waals surface area contributed by atoms with Crippen LogP contribution in [0.3, 0.4) is 0 Å². The van der Waals surface area contributed by atoms with Gasteiger partial charge in [-0.1, -0.05) is 12.0 Å². The highest BCUT2D eigenvalue weighted by Crippen LogP contribution is 2.00. The summed E-state index contributed by atoms with van der Waals surface area (Å²) >= 11 is 0. The third-order valence-corrected chi connectivity index (χ3v) is 1.69. The molecular weight excluding hydrogens is 222 g/mol. The summed E-state index contributed by atoms with van der Waals surface area (Å²) in [6.45, 7) is 1.98. The quantitative estimate of drug-likeness (QED) is 0.624. The van der Waals surface area contributed by atoms with Crippen molar-refractivity contribution in [1.82, 2.24) is 4.98 Å². The summed E-state index contributed by atoms with van der Waals surface area (Å²) in [4.78, 5) is 25.6. The van der Waals surface area contributed by atoms with E-state index in [0.29, 0.717) is 5.69 Å². The maximum absolute atomic E-state index is 11.4. The Kier molecular flexibility index (Phi) is 4.70. The SMILES string of the molecule is CCOC(=O)c1cccc(C#CCC(=O)O)n1. The van der Waals surface area contributed by atoms with Crippen molar-refractivity contribution < 1.29 is 19.4 Å². The lowest BCUT2D eigenvalue weighted by Crippen LogP contribution is -2.07. The molecule has 88 valence electrons. The first-order valence-electron chi connectivity index (χ1n) is 4.98. The fourth-order valence-corrected chi connectivity index (χ4v) is 1.03. The number of hydrogen-bond donors (Lipinski definition) is 1. The van der Waals surface area contributed by atoms with Crippen LogP contribution in [0.5, 0.6) is 0 Å². The number of nitrogens with zero attached hydrogens (tertiary/aromatic N) is 1. The van der Waals surface area contributed by atoms with Crippen molar-refractivity contribution in [2.75, 3.05) is 6.61 Å². The summed E-state index contributed by atoms with van der Waals surface area (Å²) in [5.74, 6) is 3.48. The number of hydrogen-bond acceptors (Lipinski definition) is 4. The molecule has 0 saturated heterocycles. The molecule has 1 heterocycles. The van der Waals surface area contributed by atoms with Crippen molar-refractivity contribution >= 4 is 11.9 Å². The van der Waals surface area contributed by atoms with Gasteiger partial charge in [-0.25, -0.2) is 9.78 Å². The summed E-state index contributed by atoms with van der Waals surface area (Å²) in [5.41, 5.74) is 0.505. The van der Waals surface area contributed by atoms with E-state index in [-0.39, 0.29) is 18.7 Å². The zero-order valence-corrected chi connectivity index (χ0v) is 9.27. The van der Waals surface area contributed by atoms with E-state index in [1.54, 1.807) is 19.1 Å². The number of aliphatic carboxylic acids is 1. The summed E-state index contributed by atoms with van der Waals surface area (Å²) in [7, 11) is 0. The van der Waals surface area contributed by atoms with E-state index < -0.39 is 11.9 Å². The molecule has 0 fully saturated rings. The van der Waals surface area contributed by atoms with Crippen LogP contribution in [0.2, 0.25) is 0 Å². The third-order valence-electron chi connectivity index (χ3n) is 1.69. The zero-order valence-electron chi connectivity index (χ0n) is 9.27. The molecule has 0 unspecified atom stereocenters. The molecule has 0 aliphatic carbocycles. The van der Waals surface area contributed by atoms with Gasteiger partial charge in [0, 0.05) is 0 Å². The highest BCUT2D eigenvalue weighted by atomic mass is 16.5. The van der Waals surface area contributed by atoms with Crippen LogP contribution in [0.15, 0.2) is 18.2 Å². The van der Waals surface area contributed by atoms with Crippen molar-refractivity contribution in [2.24, 2.45) is 0 Å². The van der Waals surface area contributed by atoms with Gasteiger partial charge in [-0.05, 0) is 25.0 Å². The monoisotopic (exact) mass is 233 g/mol. The second-order valence-corrected chi connectivity index (χ2v) is 3.00. The molecule has 0 saturated carbocycles. The number of esters is 1. The molecular formula is C12H11NO4. The van der Waals surface area contributed by atoms with E-state index in [1.165, 1.54) is 6.07 Å². The minimum atomic E-state index is -1.00. The first kappa shape index (κ1) is 12.7. The second-order valence-electron chi connectivity index (χ2n) is 3.00. The number of carboxylic acid groups (broad SMARTS) is 1. The van der Waals surface area contributed by atoms with Gasteiger partial charge in [0.2, 0.25) is 0 Å². The van der Waals surface area contributed by atoms with Gasteiger partial charge in [-0.3, -0.25) is 4.79 Å². The van der Waals surface area contributed by atoms with E-state index in [2.05, 4.69) is 16.8 Å². The normalized spacial score (nSPS) is 9.00.